The maximum atomic E-state index is 12.2. The predicted octanol–water partition coefficient (Wildman–Crippen LogP) is 3.24. The molecule has 0 aromatic heterocycles. The van der Waals surface area contributed by atoms with Crippen molar-refractivity contribution in [1.29, 1.82) is 0 Å². The minimum absolute atomic E-state index is 0.192. The molecule has 0 aliphatic rings. The third-order valence-electron chi connectivity index (χ3n) is 3.88. The lowest BCUT2D eigenvalue weighted by Crippen LogP contribution is -2.25. The molecular weight excluding hydrogens is 346 g/mol. The third kappa shape index (κ3) is 5.74. The van der Waals surface area contributed by atoms with E-state index in [1.165, 1.54) is 7.11 Å². The lowest BCUT2D eigenvalue weighted by atomic mass is 10.1. The number of methoxy groups -OCH3 is 1. The van der Waals surface area contributed by atoms with Gasteiger partial charge in [0.1, 0.15) is 0 Å². The standard InChI is InChI=1S/C21H25NO5/c1-4-26-18-11-6-15(14-19(18)27-5-2)12-13-22-20(23)16-7-9-17(10-8-16)21(24)25-3/h6-11,14H,4-5,12-13H2,1-3H3,(H,22,23). The van der Waals surface area contributed by atoms with E-state index in [1.807, 2.05) is 32.0 Å². The average Bonchev–Trinajstić information content (AvgIpc) is 2.69. The minimum atomic E-state index is -0.428. The first-order valence-electron chi connectivity index (χ1n) is 8.94. The summed E-state index contributed by atoms with van der Waals surface area (Å²) >= 11 is 0. The van der Waals surface area contributed by atoms with Crippen molar-refractivity contribution in [3.05, 3.63) is 59.2 Å². The van der Waals surface area contributed by atoms with E-state index < -0.39 is 5.97 Å². The molecule has 0 heterocycles. The Bertz CT molecular complexity index is 771. The highest BCUT2D eigenvalue weighted by Gasteiger charge is 2.10. The molecule has 0 saturated heterocycles. The molecule has 0 unspecified atom stereocenters. The van der Waals surface area contributed by atoms with Crippen LogP contribution in [0.1, 0.15) is 40.1 Å². The molecule has 2 rings (SSSR count). The van der Waals surface area contributed by atoms with Gasteiger partial charge in [-0.2, -0.15) is 0 Å². The monoisotopic (exact) mass is 371 g/mol. The molecule has 6 heteroatoms. The highest BCUT2D eigenvalue weighted by atomic mass is 16.5. The van der Waals surface area contributed by atoms with Crippen LogP contribution >= 0.6 is 0 Å². The number of carbonyl (C=O) groups excluding carboxylic acids is 2. The molecule has 0 aliphatic carbocycles. The van der Waals surface area contributed by atoms with Crippen LogP contribution in [0.15, 0.2) is 42.5 Å². The first-order chi connectivity index (χ1) is 13.1. The van der Waals surface area contributed by atoms with Gasteiger partial charge in [-0.25, -0.2) is 4.79 Å². The Balaban J connectivity index is 1.92. The summed E-state index contributed by atoms with van der Waals surface area (Å²) in [5, 5.41) is 2.87. The maximum Gasteiger partial charge on any atom is 0.337 e. The fourth-order valence-corrected chi connectivity index (χ4v) is 2.55. The van der Waals surface area contributed by atoms with Gasteiger partial charge in [0.2, 0.25) is 0 Å². The molecule has 0 fully saturated rings. The zero-order valence-electron chi connectivity index (χ0n) is 15.9. The van der Waals surface area contributed by atoms with Crippen molar-refractivity contribution in [3.63, 3.8) is 0 Å². The second kappa shape index (κ2) is 10.2. The molecule has 0 bridgehead atoms. The molecule has 0 saturated carbocycles. The van der Waals surface area contributed by atoms with Crippen LogP contribution in [0.4, 0.5) is 0 Å². The number of benzene rings is 2. The van der Waals surface area contributed by atoms with E-state index in [4.69, 9.17) is 9.47 Å². The van der Waals surface area contributed by atoms with Crippen LogP contribution < -0.4 is 14.8 Å². The molecule has 6 nitrogen and oxygen atoms in total. The molecule has 2 aromatic rings. The number of esters is 1. The minimum Gasteiger partial charge on any atom is -0.490 e. The molecule has 0 spiro atoms. The third-order valence-corrected chi connectivity index (χ3v) is 3.88. The van der Waals surface area contributed by atoms with Gasteiger partial charge in [-0.3, -0.25) is 4.79 Å². The largest absolute Gasteiger partial charge is 0.490 e. The van der Waals surface area contributed by atoms with Crippen molar-refractivity contribution in [3.8, 4) is 11.5 Å². The van der Waals surface area contributed by atoms with Gasteiger partial charge in [-0.1, -0.05) is 6.07 Å². The van der Waals surface area contributed by atoms with Gasteiger partial charge in [0.25, 0.3) is 5.91 Å². The quantitative estimate of drug-likeness (QED) is 0.685. The molecular formula is C21H25NO5. The van der Waals surface area contributed by atoms with Crippen molar-refractivity contribution < 1.29 is 23.8 Å². The lowest BCUT2D eigenvalue weighted by molar-refractivity contribution is 0.0600. The highest BCUT2D eigenvalue weighted by Crippen LogP contribution is 2.28. The fourth-order valence-electron chi connectivity index (χ4n) is 2.55. The van der Waals surface area contributed by atoms with Gasteiger partial charge in [-0.05, 0) is 62.2 Å². The van der Waals surface area contributed by atoms with Gasteiger partial charge < -0.3 is 19.5 Å². The first-order valence-corrected chi connectivity index (χ1v) is 8.94. The predicted molar refractivity (Wildman–Crippen MR) is 103 cm³/mol. The van der Waals surface area contributed by atoms with E-state index in [9.17, 15) is 9.59 Å². The highest BCUT2D eigenvalue weighted by molar-refractivity contribution is 5.96. The van der Waals surface area contributed by atoms with E-state index in [0.29, 0.717) is 43.1 Å². The zero-order valence-corrected chi connectivity index (χ0v) is 15.9. The van der Waals surface area contributed by atoms with Gasteiger partial charge in [-0.15, -0.1) is 0 Å². The Kier molecular flexibility index (Phi) is 7.67. The molecule has 0 aliphatic heterocycles. The second-order valence-electron chi connectivity index (χ2n) is 5.72. The number of nitrogens with one attached hydrogen (secondary N) is 1. The molecule has 144 valence electrons. The number of ether oxygens (including phenoxy) is 3. The Morgan fingerprint density at radius 1 is 0.889 bits per heavy atom. The normalized spacial score (nSPS) is 10.2. The lowest BCUT2D eigenvalue weighted by Gasteiger charge is -2.12. The molecule has 1 amide bonds. The molecule has 2 aromatic carbocycles. The zero-order chi connectivity index (χ0) is 19.6. The SMILES string of the molecule is CCOc1ccc(CCNC(=O)c2ccc(C(=O)OC)cc2)cc1OCC. The van der Waals surface area contributed by atoms with Crippen LogP contribution in [0.2, 0.25) is 0 Å². The van der Waals surface area contributed by atoms with Crippen LogP contribution in [0.25, 0.3) is 0 Å². The molecule has 1 N–H and O–H groups in total. The fraction of sp³-hybridized carbons (Fsp3) is 0.333. The summed E-state index contributed by atoms with van der Waals surface area (Å²) in [6, 6.07) is 12.1. The summed E-state index contributed by atoms with van der Waals surface area (Å²) in [4.78, 5) is 23.6. The van der Waals surface area contributed by atoms with Crippen LogP contribution in [-0.4, -0.2) is 38.7 Å². The van der Waals surface area contributed by atoms with E-state index >= 15 is 0 Å². The number of hydrogen-bond donors (Lipinski definition) is 1. The molecule has 27 heavy (non-hydrogen) atoms. The molecule has 0 radical (unpaired) electrons. The van der Waals surface area contributed by atoms with E-state index in [0.717, 1.165) is 11.3 Å². The van der Waals surface area contributed by atoms with Crippen molar-refractivity contribution in [2.24, 2.45) is 0 Å². The van der Waals surface area contributed by atoms with Crippen LogP contribution in [0.3, 0.4) is 0 Å². The average molecular weight is 371 g/mol. The Hall–Kier alpha value is -3.02. The van der Waals surface area contributed by atoms with Crippen molar-refractivity contribution in [2.75, 3.05) is 26.9 Å². The summed E-state index contributed by atoms with van der Waals surface area (Å²) < 4.78 is 15.8. The van der Waals surface area contributed by atoms with E-state index in [1.54, 1.807) is 24.3 Å². The second-order valence-corrected chi connectivity index (χ2v) is 5.72. The van der Waals surface area contributed by atoms with E-state index in [-0.39, 0.29) is 5.91 Å². The molecule has 0 atom stereocenters. The van der Waals surface area contributed by atoms with Gasteiger partial charge in [0.15, 0.2) is 11.5 Å². The summed E-state index contributed by atoms with van der Waals surface area (Å²) in [6.07, 6.45) is 0.665. The smallest absolute Gasteiger partial charge is 0.337 e. The summed E-state index contributed by atoms with van der Waals surface area (Å²) in [5.41, 5.74) is 1.94. The summed E-state index contributed by atoms with van der Waals surface area (Å²) in [6.45, 7) is 5.47. The van der Waals surface area contributed by atoms with Gasteiger partial charge in [0.05, 0.1) is 25.9 Å². The van der Waals surface area contributed by atoms with E-state index in [2.05, 4.69) is 10.1 Å². The van der Waals surface area contributed by atoms with Crippen molar-refractivity contribution in [1.82, 2.24) is 5.32 Å². The van der Waals surface area contributed by atoms with Gasteiger partial charge >= 0.3 is 5.97 Å². The number of amides is 1. The van der Waals surface area contributed by atoms with Crippen molar-refractivity contribution >= 4 is 11.9 Å². The summed E-state index contributed by atoms with van der Waals surface area (Å²) in [5.74, 6) is 0.810. The maximum absolute atomic E-state index is 12.2. The Labute approximate surface area is 159 Å². The number of rotatable bonds is 9. The Morgan fingerprint density at radius 2 is 1.52 bits per heavy atom. The van der Waals surface area contributed by atoms with Crippen LogP contribution in [-0.2, 0) is 11.2 Å². The topological polar surface area (TPSA) is 73.9 Å². The summed E-state index contributed by atoms with van der Waals surface area (Å²) in [7, 11) is 1.32. The van der Waals surface area contributed by atoms with Crippen LogP contribution in [0.5, 0.6) is 11.5 Å². The number of carbonyl (C=O) groups is 2. The Morgan fingerprint density at radius 3 is 2.15 bits per heavy atom. The van der Waals surface area contributed by atoms with Crippen molar-refractivity contribution in [2.45, 2.75) is 20.3 Å². The first kappa shape index (κ1) is 20.3. The van der Waals surface area contributed by atoms with Crippen LogP contribution in [0, 0.1) is 0 Å². The number of hydrogen-bond acceptors (Lipinski definition) is 5. The van der Waals surface area contributed by atoms with Gasteiger partial charge in [0, 0.05) is 12.1 Å².